The van der Waals surface area contributed by atoms with Crippen molar-refractivity contribution < 1.29 is 0 Å². The fourth-order valence-electron chi connectivity index (χ4n) is 3.81. The maximum Gasteiger partial charge on any atom is 0.262 e. The molecule has 0 fully saturated rings. The van der Waals surface area contributed by atoms with Crippen molar-refractivity contribution in [2.75, 3.05) is 0 Å². The van der Waals surface area contributed by atoms with E-state index in [9.17, 15) is 9.59 Å². The van der Waals surface area contributed by atoms with Gasteiger partial charge in [-0.1, -0.05) is 65.8 Å². The Morgan fingerprint density at radius 1 is 0.939 bits per heavy atom. The van der Waals surface area contributed by atoms with Crippen molar-refractivity contribution in [3.8, 4) is 0 Å². The molecule has 8 heteroatoms. The van der Waals surface area contributed by atoms with Crippen LogP contribution in [0.3, 0.4) is 0 Å². The lowest BCUT2D eigenvalue weighted by Crippen LogP contribution is -2.27. The summed E-state index contributed by atoms with van der Waals surface area (Å²) in [6.07, 6.45) is 0. The van der Waals surface area contributed by atoms with Gasteiger partial charge in [-0.05, 0) is 42.8 Å². The number of nitrogens with one attached hydrogen (secondary N) is 1. The van der Waals surface area contributed by atoms with Crippen LogP contribution < -0.4 is 11.1 Å². The van der Waals surface area contributed by atoms with Gasteiger partial charge in [0.05, 0.1) is 33.6 Å². The molecule has 164 valence electrons. The highest BCUT2D eigenvalue weighted by Gasteiger charge is 2.18. The van der Waals surface area contributed by atoms with Crippen LogP contribution in [0.15, 0.2) is 87.5 Å². The van der Waals surface area contributed by atoms with E-state index in [1.807, 2.05) is 55.5 Å². The molecule has 1 N–H and O–H groups in total. The molecule has 0 aliphatic rings. The van der Waals surface area contributed by atoms with Gasteiger partial charge in [0, 0.05) is 5.02 Å². The summed E-state index contributed by atoms with van der Waals surface area (Å²) >= 11 is 7.37. The third-order valence-electron chi connectivity index (χ3n) is 5.50. The van der Waals surface area contributed by atoms with E-state index in [2.05, 4.69) is 9.97 Å². The topological polar surface area (TPSA) is 80.6 Å². The number of nitrogens with zero attached hydrogens (tertiary/aromatic N) is 3. The molecule has 0 spiro atoms. The molecule has 3 aromatic carbocycles. The van der Waals surface area contributed by atoms with Crippen LogP contribution in [0.1, 0.15) is 24.4 Å². The van der Waals surface area contributed by atoms with Crippen LogP contribution in [0.25, 0.3) is 21.8 Å². The SMILES string of the molecule is CC(c1ccccc1)n1c(SCc2nc3ccc(Cl)cc3c(=O)[nH]2)nc2ccccc2c1=O. The van der Waals surface area contributed by atoms with E-state index in [0.29, 0.717) is 43.6 Å². The summed E-state index contributed by atoms with van der Waals surface area (Å²) in [5, 5.41) is 2.05. The maximum absolute atomic E-state index is 13.5. The molecule has 33 heavy (non-hydrogen) atoms. The molecule has 5 aromatic rings. The number of rotatable bonds is 5. The molecular formula is C25H19ClN4O2S. The molecule has 2 aromatic heterocycles. The van der Waals surface area contributed by atoms with E-state index in [4.69, 9.17) is 16.6 Å². The van der Waals surface area contributed by atoms with Gasteiger partial charge >= 0.3 is 0 Å². The molecule has 0 aliphatic carbocycles. The number of benzene rings is 3. The summed E-state index contributed by atoms with van der Waals surface area (Å²) in [4.78, 5) is 38.1. The summed E-state index contributed by atoms with van der Waals surface area (Å²) in [6.45, 7) is 1.98. The van der Waals surface area contributed by atoms with Crippen LogP contribution in [0.4, 0.5) is 0 Å². The third kappa shape index (κ3) is 4.17. The van der Waals surface area contributed by atoms with Crippen molar-refractivity contribution in [2.24, 2.45) is 0 Å². The number of aromatic nitrogens is 4. The Kier molecular flexibility index (Phi) is 5.74. The zero-order valence-corrected chi connectivity index (χ0v) is 19.2. The van der Waals surface area contributed by atoms with Gasteiger partial charge in [0.15, 0.2) is 5.16 Å². The first kappa shape index (κ1) is 21.4. The molecule has 5 rings (SSSR count). The smallest absolute Gasteiger partial charge is 0.262 e. The van der Waals surface area contributed by atoms with E-state index in [1.165, 1.54) is 11.8 Å². The first-order valence-corrected chi connectivity index (χ1v) is 11.7. The number of hydrogen-bond donors (Lipinski definition) is 1. The molecule has 2 heterocycles. The standard InChI is InChI=1S/C25H19ClN4O2S/c1-15(16-7-3-2-4-8-16)30-24(32)18-9-5-6-10-20(18)28-25(30)33-14-22-27-21-12-11-17(26)13-19(21)23(31)29-22/h2-13,15H,14H2,1H3,(H,27,29,31). The molecule has 0 amide bonds. The molecule has 0 aliphatic heterocycles. The lowest BCUT2D eigenvalue weighted by molar-refractivity contribution is 0.548. The number of halogens is 1. The van der Waals surface area contributed by atoms with Crippen molar-refractivity contribution in [3.05, 3.63) is 110 Å². The quantitative estimate of drug-likeness (QED) is 0.280. The van der Waals surface area contributed by atoms with Gasteiger partial charge in [0.25, 0.3) is 11.1 Å². The van der Waals surface area contributed by atoms with Crippen molar-refractivity contribution in [3.63, 3.8) is 0 Å². The van der Waals surface area contributed by atoms with E-state index in [1.54, 1.807) is 28.8 Å². The van der Waals surface area contributed by atoms with E-state index in [0.717, 1.165) is 5.56 Å². The molecule has 6 nitrogen and oxygen atoms in total. The Morgan fingerprint density at radius 3 is 2.48 bits per heavy atom. The van der Waals surface area contributed by atoms with Crippen molar-refractivity contribution in [2.45, 2.75) is 23.9 Å². The third-order valence-corrected chi connectivity index (χ3v) is 6.70. The van der Waals surface area contributed by atoms with E-state index in [-0.39, 0.29) is 17.2 Å². The lowest BCUT2D eigenvalue weighted by Gasteiger charge is -2.20. The Balaban J connectivity index is 1.58. The summed E-state index contributed by atoms with van der Waals surface area (Å²) in [5.74, 6) is 0.848. The lowest BCUT2D eigenvalue weighted by atomic mass is 10.1. The summed E-state index contributed by atoms with van der Waals surface area (Å²) in [6, 6.07) is 22.0. The number of para-hydroxylation sites is 1. The zero-order valence-electron chi connectivity index (χ0n) is 17.7. The minimum Gasteiger partial charge on any atom is -0.309 e. The minimum atomic E-state index is -0.250. The van der Waals surface area contributed by atoms with Gasteiger partial charge < -0.3 is 4.98 Å². The highest BCUT2D eigenvalue weighted by atomic mass is 35.5. The number of aromatic amines is 1. The predicted octanol–water partition coefficient (Wildman–Crippen LogP) is 5.19. The minimum absolute atomic E-state index is 0.103. The average molecular weight is 475 g/mol. The second kappa shape index (κ2) is 8.84. The summed E-state index contributed by atoms with van der Waals surface area (Å²) < 4.78 is 1.71. The molecule has 1 unspecified atom stereocenters. The Labute approximate surface area is 198 Å². The molecule has 0 saturated carbocycles. The Hall–Kier alpha value is -3.42. The highest BCUT2D eigenvalue weighted by Crippen LogP contribution is 2.26. The predicted molar refractivity (Wildman–Crippen MR) is 133 cm³/mol. The summed E-state index contributed by atoms with van der Waals surface area (Å²) in [5.41, 5.74) is 1.86. The van der Waals surface area contributed by atoms with Crippen LogP contribution in [0.5, 0.6) is 0 Å². The van der Waals surface area contributed by atoms with Crippen LogP contribution >= 0.6 is 23.4 Å². The van der Waals surface area contributed by atoms with Crippen LogP contribution in [0.2, 0.25) is 5.02 Å². The van der Waals surface area contributed by atoms with Crippen molar-refractivity contribution in [1.82, 2.24) is 19.5 Å². The van der Waals surface area contributed by atoms with Gasteiger partial charge in [0.2, 0.25) is 0 Å². The van der Waals surface area contributed by atoms with Crippen LogP contribution in [-0.4, -0.2) is 19.5 Å². The molecule has 0 radical (unpaired) electrons. The van der Waals surface area contributed by atoms with Crippen LogP contribution in [0, 0.1) is 0 Å². The Bertz CT molecular complexity index is 1600. The van der Waals surface area contributed by atoms with Gasteiger partial charge in [0.1, 0.15) is 5.82 Å². The number of H-pyrrole nitrogens is 1. The van der Waals surface area contributed by atoms with E-state index >= 15 is 0 Å². The van der Waals surface area contributed by atoms with Gasteiger partial charge in [-0.2, -0.15) is 0 Å². The Morgan fingerprint density at radius 2 is 1.67 bits per heavy atom. The van der Waals surface area contributed by atoms with Gasteiger partial charge in [-0.3, -0.25) is 14.2 Å². The van der Waals surface area contributed by atoms with Crippen molar-refractivity contribution >= 4 is 45.2 Å². The second-order valence-corrected chi connectivity index (χ2v) is 9.02. The second-order valence-electron chi connectivity index (χ2n) is 7.64. The largest absolute Gasteiger partial charge is 0.309 e. The highest BCUT2D eigenvalue weighted by molar-refractivity contribution is 7.98. The molecule has 0 bridgehead atoms. The fraction of sp³-hybridized carbons (Fsp3) is 0.120. The number of thioether (sulfide) groups is 1. The fourth-order valence-corrected chi connectivity index (χ4v) is 4.93. The summed E-state index contributed by atoms with van der Waals surface area (Å²) in [7, 11) is 0. The van der Waals surface area contributed by atoms with E-state index < -0.39 is 0 Å². The van der Waals surface area contributed by atoms with Crippen molar-refractivity contribution in [1.29, 1.82) is 0 Å². The first-order chi connectivity index (χ1) is 16.0. The average Bonchev–Trinajstić information content (AvgIpc) is 2.83. The monoisotopic (exact) mass is 474 g/mol. The first-order valence-electron chi connectivity index (χ1n) is 10.4. The van der Waals surface area contributed by atoms with Crippen LogP contribution in [-0.2, 0) is 5.75 Å². The zero-order chi connectivity index (χ0) is 22.9. The normalized spacial score (nSPS) is 12.3. The maximum atomic E-state index is 13.5. The number of fused-ring (bicyclic) bond motifs is 2. The number of hydrogen-bond acceptors (Lipinski definition) is 5. The van der Waals surface area contributed by atoms with Gasteiger partial charge in [-0.25, -0.2) is 9.97 Å². The van der Waals surface area contributed by atoms with Gasteiger partial charge in [-0.15, -0.1) is 0 Å². The molecule has 1 atom stereocenters. The molecular weight excluding hydrogens is 456 g/mol. The molecule has 0 saturated heterocycles.